The van der Waals surface area contributed by atoms with Crippen LogP contribution >= 0.6 is 27.3 Å². The fourth-order valence-corrected chi connectivity index (χ4v) is 2.62. The summed E-state index contributed by atoms with van der Waals surface area (Å²) in [5.41, 5.74) is 1.00. The monoisotopic (exact) mass is 328 g/mol. The van der Waals surface area contributed by atoms with E-state index in [0.717, 1.165) is 11.3 Å². The summed E-state index contributed by atoms with van der Waals surface area (Å²) in [6.07, 6.45) is 0.650. The Labute approximate surface area is 118 Å². The normalized spacial score (nSPS) is 11.7. The summed E-state index contributed by atoms with van der Waals surface area (Å²) >= 11 is 4.39. The van der Waals surface area contributed by atoms with Crippen molar-refractivity contribution in [2.45, 2.75) is 32.0 Å². The van der Waals surface area contributed by atoms with Gasteiger partial charge in [-0.3, -0.25) is 9.59 Å². The molecule has 0 aliphatic carbocycles. The molecule has 0 bridgehead atoms. The van der Waals surface area contributed by atoms with Crippen LogP contribution in [0.1, 0.15) is 41.1 Å². The minimum Gasteiger partial charge on any atom is -0.316 e. The van der Waals surface area contributed by atoms with E-state index in [1.165, 1.54) is 6.92 Å². The quantitative estimate of drug-likeness (QED) is 0.681. The summed E-state index contributed by atoms with van der Waals surface area (Å²) in [5.74, 6) is -0.300. The highest BCUT2D eigenvalue weighted by atomic mass is 79.9. The molecule has 0 unspecified atom stereocenters. The van der Waals surface area contributed by atoms with E-state index in [1.807, 2.05) is 13.0 Å². The lowest BCUT2D eigenvalue weighted by Gasteiger charge is -2.06. The Balaban J connectivity index is 3.11. The number of nitrogens with one attached hydrogen (secondary N) is 1. The van der Waals surface area contributed by atoms with Crippen molar-refractivity contribution in [3.05, 3.63) is 16.0 Å². The maximum Gasteiger partial charge on any atom is 0.238 e. The second-order valence-corrected chi connectivity index (χ2v) is 5.92. The van der Waals surface area contributed by atoms with Gasteiger partial charge in [-0.25, -0.2) is 0 Å². The predicted octanol–water partition coefficient (Wildman–Crippen LogP) is 3.24. The van der Waals surface area contributed by atoms with Crippen molar-refractivity contribution in [1.82, 2.24) is 0 Å². The van der Waals surface area contributed by atoms with Gasteiger partial charge in [0.2, 0.25) is 5.91 Å². The number of ketones is 1. The minimum atomic E-state index is -0.299. The van der Waals surface area contributed by atoms with E-state index >= 15 is 0 Å². The van der Waals surface area contributed by atoms with Crippen LogP contribution in [0.4, 0.5) is 5.00 Å². The molecule has 1 heterocycles. The third-order valence-electron chi connectivity index (χ3n) is 2.46. The number of hydrogen-bond donors (Lipinski definition) is 1. The summed E-state index contributed by atoms with van der Waals surface area (Å²) in [4.78, 5) is 23.4. The number of rotatable bonds is 4. The molecule has 1 amide bonds. The number of nitriles is 1. The molecule has 0 aliphatic heterocycles. The second kappa shape index (κ2) is 6.12. The van der Waals surface area contributed by atoms with Crippen LogP contribution in [0.2, 0.25) is 0 Å². The van der Waals surface area contributed by atoms with Gasteiger partial charge in [-0.05, 0) is 25.8 Å². The molecule has 0 aromatic carbocycles. The third-order valence-corrected chi connectivity index (χ3v) is 4.83. The van der Waals surface area contributed by atoms with E-state index in [9.17, 15) is 9.59 Å². The second-order valence-electron chi connectivity index (χ2n) is 3.79. The molecule has 0 fully saturated rings. The van der Waals surface area contributed by atoms with Crippen LogP contribution in [0.15, 0.2) is 0 Å². The molecule has 4 nitrogen and oxygen atoms in total. The number of anilines is 1. The van der Waals surface area contributed by atoms with Crippen LogP contribution in [0.3, 0.4) is 0 Å². The Hall–Kier alpha value is -1.19. The van der Waals surface area contributed by atoms with Crippen molar-refractivity contribution in [2.24, 2.45) is 0 Å². The van der Waals surface area contributed by atoms with Crippen molar-refractivity contribution >= 4 is 44.0 Å². The molecular formula is C12H13BrN2O2S. The number of nitrogens with zero attached hydrogens (tertiary/aromatic N) is 1. The molecule has 1 rings (SSSR count). The number of alkyl halides is 1. The van der Waals surface area contributed by atoms with Crippen LogP contribution in [0, 0.1) is 18.3 Å². The van der Waals surface area contributed by atoms with Gasteiger partial charge < -0.3 is 5.32 Å². The highest BCUT2D eigenvalue weighted by Gasteiger charge is 2.21. The summed E-state index contributed by atoms with van der Waals surface area (Å²) in [5, 5.41) is 12.2. The minimum absolute atomic E-state index is 0.0969. The zero-order chi connectivity index (χ0) is 13.9. The average Bonchev–Trinajstić information content (AvgIpc) is 2.64. The zero-order valence-electron chi connectivity index (χ0n) is 10.3. The molecule has 0 saturated heterocycles. The lowest BCUT2D eigenvalue weighted by molar-refractivity contribution is -0.115. The first-order valence-corrected chi connectivity index (χ1v) is 7.14. The number of halogens is 1. The van der Waals surface area contributed by atoms with Crippen LogP contribution in [0.25, 0.3) is 0 Å². The van der Waals surface area contributed by atoms with Crippen molar-refractivity contribution in [3.63, 3.8) is 0 Å². The van der Waals surface area contributed by atoms with Crippen LogP contribution < -0.4 is 5.32 Å². The van der Waals surface area contributed by atoms with Gasteiger partial charge in [0, 0.05) is 0 Å². The highest BCUT2D eigenvalue weighted by Crippen LogP contribution is 2.33. The Kier molecular flexibility index (Phi) is 5.05. The van der Waals surface area contributed by atoms with Crippen molar-refractivity contribution in [2.75, 3.05) is 5.32 Å². The molecule has 1 atom stereocenters. The summed E-state index contributed by atoms with van der Waals surface area (Å²) in [7, 11) is 0. The predicted molar refractivity (Wildman–Crippen MR) is 75.4 cm³/mol. The lowest BCUT2D eigenvalue weighted by Crippen LogP contribution is -2.21. The standard InChI is InChI=1S/C12H13BrN2O2S/c1-4-9(13)11(17)15-12-8(5-14)6(2)10(18-12)7(3)16/h9H,4H2,1-3H3,(H,15,17)/t9-/m0/s1. The highest BCUT2D eigenvalue weighted by molar-refractivity contribution is 9.10. The van der Waals surface area contributed by atoms with E-state index in [2.05, 4.69) is 21.2 Å². The van der Waals surface area contributed by atoms with Gasteiger partial charge in [-0.1, -0.05) is 22.9 Å². The Bertz CT molecular complexity index is 531. The number of carbonyl (C=O) groups is 2. The van der Waals surface area contributed by atoms with Crippen LogP contribution in [-0.2, 0) is 4.79 Å². The maximum atomic E-state index is 11.8. The lowest BCUT2D eigenvalue weighted by atomic mass is 10.1. The van der Waals surface area contributed by atoms with Crippen molar-refractivity contribution in [1.29, 1.82) is 5.26 Å². The average molecular weight is 329 g/mol. The number of carbonyl (C=O) groups excluding carboxylic acids is 2. The number of amides is 1. The summed E-state index contributed by atoms with van der Waals surface area (Å²) in [6.45, 7) is 5.04. The van der Waals surface area contributed by atoms with E-state index in [1.54, 1.807) is 6.92 Å². The summed E-state index contributed by atoms with van der Waals surface area (Å²) in [6, 6.07) is 2.03. The van der Waals surface area contributed by atoms with E-state index in [4.69, 9.17) is 5.26 Å². The molecular weight excluding hydrogens is 316 g/mol. The van der Waals surface area contributed by atoms with Gasteiger partial charge in [0.15, 0.2) is 5.78 Å². The molecule has 0 spiro atoms. The van der Waals surface area contributed by atoms with Crippen molar-refractivity contribution in [3.8, 4) is 6.07 Å². The number of hydrogen-bond acceptors (Lipinski definition) is 4. The first-order chi connectivity index (χ1) is 8.42. The van der Waals surface area contributed by atoms with Crippen LogP contribution in [-0.4, -0.2) is 16.5 Å². The fourth-order valence-electron chi connectivity index (χ4n) is 1.45. The molecule has 18 heavy (non-hydrogen) atoms. The first kappa shape index (κ1) is 14.9. The zero-order valence-corrected chi connectivity index (χ0v) is 12.7. The summed E-state index contributed by atoms with van der Waals surface area (Å²) < 4.78 is 0. The van der Waals surface area contributed by atoms with Gasteiger partial charge in [0.1, 0.15) is 11.1 Å². The largest absolute Gasteiger partial charge is 0.316 e. The van der Waals surface area contributed by atoms with E-state index in [0.29, 0.717) is 27.4 Å². The fraction of sp³-hybridized carbons (Fsp3) is 0.417. The molecule has 0 radical (unpaired) electrons. The topological polar surface area (TPSA) is 70.0 Å². The molecule has 0 aliphatic rings. The Morgan fingerprint density at radius 3 is 2.61 bits per heavy atom. The van der Waals surface area contributed by atoms with E-state index in [-0.39, 0.29) is 16.5 Å². The van der Waals surface area contributed by atoms with Crippen molar-refractivity contribution < 1.29 is 9.59 Å². The molecule has 96 valence electrons. The molecule has 1 aromatic heterocycles. The molecule has 6 heteroatoms. The smallest absolute Gasteiger partial charge is 0.238 e. The molecule has 1 N–H and O–H groups in total. The third kappa shape index (κ3) is 2.98. The van der Waals surface area contributed by atoms with Gasteiger partial charge in [0.05, 0.1) is 15.3 Å². The Morgan fingerprint density at radius 1 is 1.56 bits per heavy atom. The van der Waals surface area contributed by atoms with Gasteiger partial charge >= 0.3 is 0 Å². The SMILES string of the molecule is CC[C@H](Br)C(=O)Nc1sc(C(C)=O)c(C)c1C#N. The van der Waals surface area contributed by atoms with Gasteiger partial charge in [-0.2, -0.15) is 5.26 Å². The molecule has 0 saturated carbocycles. The van der Waals surface area contributed by atoms with Gasteiger partial charge in [-0.15, -0.1) is 11.3 Å². The Morgan fingerprint density at radius 2 is 2.17 bits per heavy atom. The van der Waals surface area contributed by atoms with Gasteiger partial charge in [0.25, 0.3) is 0 Å². The van der Waals surface area contributed by atoms with E-state index < -0.39 is 0 Å². The number of thiophene rings is 1. The first-order valence-electron chi connectivity index (χ1n) is 5.41. The van der Waals surface area contributed by atoms with Crippen LogP contribution in [0.5, 0.6) is 0 Å². The maximum absolute atomic E-state index is 11.8. The number of Topliss-reactive ketones (excluding diaryl/α,β-unsaturated/α-hetero) is 1. The molecule has 1 aromatic rings.